The molecule has 0 radical (unpaired) electrons. The van der Waals surface area contributed by atoms with E-state index < -0.39 is 0 Å². The van der Waals surface area contributed by atoms with Gasteiger partial charge in [0.1, 0.15) is 0 Å². The number of anilines is 1. The lowest BCUT2D eigenvalue weighted by atomic mass is 10.0. The molecule has 0 bridgehead atoms. The summed E-state index contributed by atoms with van der Waals surface area (Å²) in [6, 6.07) is 9.15. The first-order valence-corrected chi connectivity index (χ1v) is 6.27. The largest absolute Gasteiger partial charge is 0.298 e. The van der Waals surface area contributed by atoms with E-state index in [4.69, 9.17) is 5.26 Å². The van der Waals surface area contributed by atoms with Crippen molar-refractivity contribution in [3.63, 3.8) is 0 Å². The van der Waals surface area contributed by atoms with Gasteiger partial charge in [-0.05, 0) is 18.6 Å². The molecule has 0 aliphatic rings. The minimum Gasteiger partial charge on any atom is -0.298 e. The predicted octanol–water partition coefficient (Wildman–Crippen LogP) is 2.77. The summed E-state index contributed by atoms with van der Waals surface area (Å²) in [7, 11) is 0. The molecule has 4 nitrogen and oxygen atoms in total. The Hall–Kier alpha value is -2.19. The SMILES string of the molecule is Cc1csc(NC(=O)c2ccccc2CC#N)n1. The third-order valence-corrected chi connectivity index (χ3v) is 3.25. The van der Waals surface area contributed by atoms with Gasteiger partial charge in [0.05, 0.1) is 18.2 Å². The van der Waals surface area contributed by atoms with E-state index in [1.807, 2.05) is 18.4 Å². The molecule has 2 aromatic rings. The zero-order valence-corrected chi connectivity index (χ0v) is 10.6. The fraction of sp³-hybridized carbons (Fsp3) is 0.154. The lowest BCUT2D eigenvalue weighted by Crippen LogP contribution is -2.14. The third-order valence-electron chi connectivity index (χ3n) is 2.37. The fourth-order valence-corrected chi connectivity index (χ4v) is 2.24. The van der Waals surface area contributed by atoms with Gasteiger partial charge in [-0.3, -0.25) is 10.1 Å². The van der Waals surface area contributed by atoms with Crippen molar-refractivity contribution in [1.82, 2.24) is 4.98 Å². The van der Waals surface area contributed by atoms with Crippen molar-refractivity contribution in [2.24, 2.45) is 0 Å². The molecule has 0 atom stereocenters. The van der Waals surface area contributed by atoms with Crippen LogP contribution >= 0.6 is 11.3 Å². The highest BCUT2D eigenvalue weighted by atomic mass is 32.1. The lowest BCUT2D eigenvalue weighted by molar-refractivity contribution is 0.102. The van der Waals surface area contributed by atoms with E-state index in [0.717, 1.165) is 11.3 Å². The number of amides is 1. The van der Waals surface area contributed by atoms with Crippen LogP contribution in [0.2, 0.25) is 0 Å². The quantitative estimate of drug-likeness (QED) is 0.919. The number of carbonyl (C=O) groups excluding carboxylic acids is 1. The van der Waals surface area contributed by atoms with Gasteiger partial charge in [0.2, 0.25) is 0 Å². The van der Waals surface area contributed by atoms with Crippen LogP contribution in [-0.2, 0) is 6.42 Å². The van der Waals surface area contributed by atoms with E-state index in [1.165, 1.54) is 11.3 Å². The van der Waals surface area contributed by atoms with E-state index in [1.54, 1.807) is 18.2 Å². The number of aryl methyl sites for hydroxylation is 1. The zero-order chi connectivity index (χ0) is 13.0. The van der Waals surface area contributed by atoms with Gasteiger partial charge in [0, 0.05) is 10.9 Å². The van der Waals surface area contributed by atoms with Gasteiger partial charge in [-0.2, -0.15) is 5.26 Å². The van der Waals surface area contributed by atoms with Gasteiger partial charge in [0.25, 0.3) is 5.91 Å². The molecule has 1 amide bonds. The molecule has 0 aliphatic heterocycles. The number of nitrogens with zero attached hydrogens (tertiary/aromatic N) is 2. The topological polar surface area (TPSA) is 65.8 Å². The van der Waals surface area contributed by atoms with E-state index in [9.17, 15) is 4.79 Å². The Morgan fingerprint density at radius 1 is 1.50 bits per heavy atom. The fourth-order valence-electron chi connectivity index (χ4n) is 1.56. The van der Waals surface area contributed by atoms with Gasteiger partial charge < -0.3 is 0 Å². The second kappa shape index (κ2) is 5.43. The monoisotopic (exact) mass is 257 g/mol. The van der Waals surface area contributed by atoms with Crippen LogP contribution in [-0.4, -0.2) is 10.9 Å². The maximum Gasteiger partial charge on any atom is 0.257 e. The Kier molecular flexibility index (Phi) is 3.70. The van der Waals surface area contributed by atoms with Gasteiger partial charge >= 0.3 is 0 Å². The van der Waals surface area contributed by atoms with Crippen molar-refractivity contribution in [2.45, 2.75) is 13.3 Å². The molecule has 1 aromatic heterocycles. The van der Waals surface area contributed by atoms with Crippen molar-refractivity contribution in [2.75, 3.05) is 5.32 Å². The van der Waals surface area contributed by atoms with Gasteiger partial charge in [-0.1, -0.05) is 18.2 Å². The maximum atomic E-state index is 12.1. The summed E-state index contributed by atoms with van der Waals surface area (Å²) in [6.07, 6.45) is 0.223. The van der Waals surface area contributed by atoms with Crippen molar-refractivity contribution in [1.29, 1.82) is 5.26 Å². The average molecular weight is 257 g/mol. The molecule has 90 valence electrons. The molecule has 0 fully saturated rings. The van der Waals surface area contributed by atoms with Crippen LogP contribution in [0.5, 0.6) is 0 Å². The number of carbonyl (C=O) groups is 1. The number of nitrogens with one attached hydrogen (secondary N) is 1. The van der Waals surface area contributed by atoms with E-state index in [-0.39, 0.29) is 12.3 Å². The molecule has 0 spiro atoms. The Balaban J connectivity index is 2.21. The summed E-state index contributed by atoms with van der Waals surface area (Å²) in [5.74, 6) is -0.227. The number of thiazole rings is 1. The lowest BCUT2D eigenvalue weighted by Gasteiger charge is -2.05. The highest BCUT2D eigenvalue weighted by molar-refractivity contribution is 7.13. The Bertz CT molecular complexity index is 613. The highest BCUT2D eigenvalue weighted by Gasteiger charge is 2.12. The van der Waals surface area contributed by atoms with Crippen molar-refractivity contribution in [3.8, 4) is 6.07 Å². The molecule has 2 rings (SSSR count). The van der Waals surface area contributed by atoms with Crippen molar-refractivity contribution in [3.05, 3.63) is 46.5 Å². The summed E-state index contributed by atoms with van der Waals surface area (Å²) >= 11 is 1.38. The smallest absolute Gasteiger partial charge is 0.257 e. The highest BCUT2D eigenvalue weighted by Crippen LogP contribution is 2.17. The molecule has 1 aromatic carbocycles. The molecule has 5 heteroatoms. The van der Waals surface area contributed by atoms with Gasteiger partial charge in [-0.25, -0.2) is 4.98 Å². The minimum atomic E-state index is -0.227. The standard InChI is InChI=1S/C13H11N3OS/c1-9-8-18-13(15-9)16-12(17)11-5-3-2-4-10(11)6-7-14/h2-5,8H,6H2,1H3,(H,15,16,17). The summed E-state index contributed by atoms with van der Waals surface area (Å²) < 4.78 is 0. The molecule has 1 heterocycles. The molecular formula is C13H11N3OS. The van der Waals surface area contributed by atoms with E-state index in [2.05, 4.69) is 16.4 Å². The van der Waals surface area contributed by atoms with Crippen LogP contribution in [0.3, 0.4) is 0 Å². The van der Waals surface area contributed by atoms with Crippen LogP contribution < -0.4 is 5.32 Å². The summed E-state index contributed by atoms with van der Waals surface area (Å²) in [5, 5.41) is 13.9. The van der Waals surface area contributed by atoms with Crippen LogP contribution in [0.1, 0.15) is 21.6 Å². The molecule has 0 saturated carbocycles. The molecule has 1 N–H and O–H groups in total. The first-order chi connectivity index (χ1) is 8.70. The average Bonchev–Trinajstić information content (AvgIpc) is 2.76. The molecule has 0 aliphatic carbocycles. The number of nitriles is 1. The minimum absolute atomic E-state index is 0.223. The predicted molar refractivity (Wildman–Crippen MR) is 70.6 cm³/mol. The number of benzene rings is 1. The normalized spacial score (nSPS) is 9.78. The summed E-state index contributed by atoms with van der Waals surface area (Å²) in [6.45, 7) is 1.87. The van der Waals surface area contributed by atoms with Gasteiger partial charge in [-0.15, -0.1) is 11.3 Å². The van der Waals surface area contributed by atoms with E-state index >= 15 is 0 Å². The summed E-state index contributed by atoms with van der Waals surface area (Å²) in [5.41, 5.74) is 2.12. The van der Waals surface area contributed by atoms with Crippen LogP contribution in [0, 0.1) is 18.3 Å². The Labute approximate surface area is 109 Å². The van der Waals surface area contributed by atoms with Gasteiger partial charge in [0.15, 0.2) is 5.13 Å². The number of hydrogen-bond donors (Lipinski definition) is 1. The van der Waals surface area contributed by atoms with Crippen LogP contribution in [0.25, 0.3) is 0 Å². The zero-order valence-electron chi connectivity index (χ0n) is 9.80. The number of hydrogen-bond acceptors (Lipinski definition) is 4. The maximum absolute atomic E-state index is 12.1. The molecule has 0 unspecified atom stereocenters. The molecule has 18 heavy (non-hydrogen) atoms. The second-order valence-corrected chi connectivity index (χ2v) is 4.60. The van der Waals surface area contributed by atoms with E-state index in [0.29, 0.717) is 10.7 Å². The third kappa shape index (κ3) is 2.73. The van der Waals surface area contributed by atoms with Crippen molar-refractivity contribution >= 4 is 22.4 Å². The first kappa shape index (κ1) is 12.3. The van der Waals surface area contributed by atoms with Crippen LogP contribution in [0.15, 0.2) is 29.6 Å². The number of rotatable bonds is 3. The second-order valence-electron chi connectivity index (χ2n) is 3.74. The van der Waals surface area contributed by atoms with Crippen molar-refractivity contribution < 1.29 is 4.79 Å². The Morgan fingerprint density at radius 3 is 2.94 bits per heavy atom. The Morgan fingerprint density at radius 2 is 2.28 bits per heavy atom. The molecule has 0 saturated heterocycles. The number of aromatic nitrogens is 1. The van der Waals surface area contributed by atoms with Crippen LogP contribution in [0.4, 0.5) is 5.13 Å². The molecular weight excluding hydrogens is 246 g/mol. The first-order valence-electron chi connectivity index (χ1n) is 5.39. The summed E-state index contributed by atoms with van der Waals surface area (Å²) in [4.78, 5) is 16.2.